The number of hydrogen-bond donors (Lipinski definition) is 0. The molecule has 0 bridgehead atoms. The van der Waals surface area contributed by atoms with Crippen molar-refractivity contribution in [3.05, 3.63) is 27.3 Å². The molecule has 0 saturated carbocycles. The third kappa shape index (κ3) is 2.36. The Morgan fingerprint density at radius 3 is 3.00 bits per heavy atom. The Bertz CT molecular complexity index is 436. The Morgan fingerprint density at radius 2 is 2.38 bits per heavy atom. The minimum atomic E-state index is 0.0445. The van der Waals surface area contributed by atoms with Crippen LogP contribution in [0.25, 0.3) is 6.08 Å². The molecule has 1 aliphatic heterocycles. The molecule has 1 aromatic rings. The number of carbonyl (C=O) groups is 1. The molecule has 0 aliphatic carbocycles. The highest BCUT2D eigenvalue weighted by Crippen LogP contribution is 2.32. The van der Waals surface area contributed by atoms with Crippen molar-refractivity contribution in [2.24, 2.45) is 0 Å². The number of nitrogens with zero attached hydrogens (tertiary/aromatic N) is 1. The van der Waals surface area contributed by atoms with E-state index in [1.165, 1.54) is 11.8 Å². The minimum Gasteiger partial charge on any atom is -0.293 e. The maximum atomic E-state index is 12.0. The predicted molar refractivity (Wildman–Crippen MR) is 74.5 cm³/mol. The van der Waals surface area contributed by atoms with Gasteiger partial charge in [-0.3, -0.25) is 9.69 Å². The summed E-state index contributed by atoms with van der Waals surface area (Å²) in [6.07, 6.45) is 2.84. The number of thiocarbonyl (C=S) groups is 1. The van der Waals surface area contributed by atoms with Crippen LogP contribution in [-0.2, 0) is 4.79 Å². The number of rotatable bonds is 3. The molecule has 0 atom stereocenters. The topological polar surface area (TPSA) is 20.3 Å². The van der Waals surface area contributed by atoms with E-state index in [0.717, 1.165) is 16.9 Å². The summed E-state index contributed by atoms with van der Waals surface area (Å²) in [5.74, 6) is 0.0445. The lowest BCUT2D eigenvalue weighted by Gasteiger charge is -2.11. The van der Waals surface area contributed by atoms with E-state index >= 15 is 0 Å². The van der Waals surface area contributed by atoms with E-state index in [-0.39, 0.29) is 5.91 Å². The zero-order valence-corrected chi connectivity index (χ0v) is 11.3. The fourth-order valence-corrected chi connectivity index (χ4v) is 3.35. The normalized spacial score (nSPS) is 18.8. The summed E-state index contributed by atoms with van der Waals surface area (Å²) in [7, 11) is 0. The molecule has 84 valence electrons. The van der Waals surface area contributed by atoms with E-state index in [0.29, 0.717) is 10.9 Å². The maximum absolute atomic E-state index is 12.0. The molecule has 0 spiro atoms. The van der Waals surface area contributed by atoms with Crippen molar-refractivity contribution < 1.29 is 4.79 Å². The number of hydrogen-bond acceptors (Lipinski definition) is 4. The quantitative estimate of drug-likeness (QED) is 0.620. The lowest BCUT2D eigenvalue weighted by molar-refractivity contribution is -0.122. The van der Waals surface area contributed by atoms with E-state index in [4.69, 9.17) is 12.2 Å². The molecule has 0 N–H and O–H groups in total. The number of carbonyl (C=O) groups excluding carboxylic acids is 1. The summed E-state index contributed by atoms with van der Waals surface area (Å²) in [6, 6.07) is 2.00. The molecule has 1 aliphatic rings. The second-order valence-electron chi connectivity index (χ2n) is 3.39. The molecule has 1 amide bonds. The van der Waals surface area contributed by atoms with Gasteiger partial charge < -0.3 is 0 Å². The lowest BCUT2D eigenvalue weighted by Crippen LogP contribution is -2.28. The van der Waals surface area contributed by atoms with Gasteiger partial charge in [-0.05, 0) is 34.9 Å². The summed E-state index contributed by atoms with van der Waals surface area (Å²) < 4.78 is 0.674. The lowest BCUT2D eigenvalue weighted by atomic mass is 10.3. The summed E-state index contributed by atoms with van der Waals surface area (Å²) in [4.78, 5) is 14.4. The fraction of sp³-hybridized carbons (Fsp3) is 0.273. The average molecular weight is 269 g/mol. The van der Waals surface area contributed by atoms with E-state index in [2.05, 4.69) is 0 Å². The fourth-order valence-electron chi connectivity index (χ4n) is 1.42. The maximum Gasteiger partial charge on any atom is 0.266 e. The molecule has 16 heavy (non-hydrogen) atoms. The Morgan fingerprint density at radius 1 is 1.56 bits per heavy atom. The van der Waals surface area contributed by atoms with Crippen LogP contribution in [0.1, 0.15) is 18.9 Å². The van der Waals surface area contributed by atoms with Gasteiger partial charge in [0.15, 0.2) is 0 Å². The monoisotopic (exact) mass is 269 g/mol. The molecule has 2 nitrogen and oxygen atoms in total. The van der Waals surface area contributed by atoms with Crippen molar-refractivity contribution in [3.8, 4) is 0 Å². The van der Waals surface area contributed by atoms with Crippen LogP contribution in [0.2, 0.25) is 0 Å². The first-order valence-corrected chi connectivity index (χ1v) is 7.16. The van der Waals surface area contributed by atoms with Crippen LogP contribution in [0.3, 0.4) is 0 Å². The summed E-state index contributed by atoms with van der Waals surface area (Å²) >= 11 is 8.20. The highest BCUT2D eigenvalue weighted by Gasteiger charge is 2.30. The molecule has 0 unspecified atom stereocenters. The van der Waals surface area contributed by atoms with Gasteiger partial charge in [0.2, 0.25) is 0 Å². The van der Waals surface area contributed by atoms with Crippen LogP contribution in [0, 0.1) is 0 Å². The van der Waals surface area contributed by atoms with Crippen molar-refractivity contribution in [2.45, 2.75) is 13.3 Å². The van der Waals surface area contributed by atoms with E-state index in [1.807, 2.05) is 29.8 Å². The van der Waals surface area contributed by atoms with E-state index in [1.54, 1.807) is 16.2 Å². The number of thiophene rings is 1. The number of amides is 1. The van der Waals surface area contributed by atoms with Crippen molar-refractivity contribution in [1.29, 1.82) is 0 Å². The van der Waals surface area contributed by atoms with Gasteiger partial charge in [-0.2, -0.15) is 11.3 Å². The van der Waals surface area contributed by atoms with E-state index in [9.17, 15) is 4.79 Å². The average Bonchev–Trinajstić information content (AvgIpc) is 2.84. The molecule has 2 heterocycles. The van der Waals surface area contributed by atoms with Crippen LogP contribution >= 0.6 is 35.3 Å². The van der Waals surface area contributed by atoms with Crippen LogP contribution in [-0.4, -0.2) is 21.7 Å². The highest BCUT2D eigenvalue weighted by molar-refractivity contribution is 8.26. The van der Waals surface area contributed by atoms with Gasteiger partial charge in [0.25, 0.3) is 5.91 Å². The summed E-state index contributed by atoms with van der Waals surface area (Å²) in [6.45, 7) is 2.76. The summed E-state index contributed by atoms with van der Waals surface area (Å²) in [5.41, 5.74) is 1.07. The molecule has 1 saturated heterocycles. The molecular formula is C11H11NOS3. The third-order valence-electron chi connectivity index (χ3n) is 2.16. The van der Waals surface area contributed by atoms with Gasteiger partial charge in [-0.25, -0.2) is 0 Å². The molecular weight excluding hydrogens is 258 g/mol. The Balaban J connectivity index is 2.20. The first kappa shape index (κ1) is 11.8. The van der Waals surface area contributed by atoms with Gasteiger partial charge in [0.1, 0.15) is 4.32 Å². The Kier molecular flexibility index (Phi) is 3.78. The Labute approximate surface area is 108 Å². The zero-order chi connectivity index (χ0) is 11.5. The molecule has 0 radical (unpaired) electrons. The smallest absolute Gasteiger partial charge is 0.266 e. The minimum absolute atomic E-state index is 0.0445. The van der Waals surface area contributed by atoms with Crippen LogP contribution in [0.15, 0.2) is 21.7 Å². The Hall–Kier alpha value is -0.650. The molecule has 1 fully saturated rings. The molecule has 5 heteroatoms. The summed E-state index contributed by atoms with van der Waals surface area (Å²) in [5, 5.41) is 4.02. The van der Waals surface area contributed by atoms with Crippen LogP contribution in [0.5, 0.6) is 0 Å². The second-order valence-corrected chi connectivity index (χ2v) is 5.85. The van der Waals surface area contributed by atoms with Crippen LogP contribution < -0.4 is 0 Å². The molecule has 2 rings (SSSR count). The zero-order valence-electron chi connectivity index (χ0n) is 8.80. The second kappa shape index (κ2) is 5.12. The highest BCUT2D eigenvalue weighted by atomic mass is 32.2. The van der Waals surface area contributed by atoms with Crippen molar-refractivity contribution >= 4 is 51.6 Å². The largest absolute Gasteiger partial charge is 0.293 e. The third-order valence-corrected chi connectivity index (χ3v) is 4.24. The molecule has 0 aromatic carbocycles. The van der Waals surface area contributed by atoms with Crippen molar-refractivity contribution in [3.63, 3.8) is 0 Å². The van der Waals surface area contributed by atoms with Gasteiger partial charge >= 0.3 is 0 Å². The molecule has 1 aromatic heterocycles. The van der Waals surface area contributed by atoms with Gasteiger partial charge in [0.05, 0.1) is 4.91 Å². The predicted octanol–water partition coefficient (Wildman–Crippen LogP) is 3.36. The first-order valence-electron chi connectivity index (χ1n) is 5.00. The first-order chi connectivity index (χ1) is 7.72. The number of thioether (sulfide) groups is 1. The van der Waals surface area contributed by atoms with Crippen molar-refractivity contribution in [1.82, 2.24) is 4.90 Å². The standard InChI is InChI=1S/C11H11NOS3/c1-2-4-12-10(13)9(16-11(12)14)6-8-3-5-15-7-8/h3,5-7H,2,4H2,1H3. The van der Waals surface area contributed by atoms with E-state index < -0.39 is 0 Å². The van der Waals surface area contributed by atoms with Crippen LogP contribution in [0.4, 0.5) is 0 Å². The van der Waals surface area contributed by atoms with Gasteiger partial charge in [-0.1, -0.05) is 30.9 Å². The van der Waals surface area contributed by atoms with Crippen molar-refractivity contribution in [2.75, 3.05) is 6.54 Å². The van der Waals surface area contributed by atoms with Gasteiger partial charge in [-0.15, -0.1) is 0 Å². The van der Waals surface area contributed by atoms with Gasteiger partial charge in [0, 0.05) is 6.54 Å². The SMILES string of the molecule is CCCN1C(=O)C(=Cc2ccsc2)SC1=S.